The van der Waals surface area contributed by atoms with Gasteiger partial charge in [0.05, 0.1) is 4.99 Å². The van der Waals surface area contributed by atoms with E-state index >= 15 is 0 Å². The normalized spacial score (nSPS) is 17.3. The molecule has 0 saturated heterocycles. The molecule has 4 nitrogen and oxygen atoms in total. The Labute approximate surface area is 96.9 Å². The minimum absolute atomic E-state index is 0.0232. The summed E-state index contributed by atoms with van der Waals surface area (Å²) in [5.41, 5.74) is 5.29. The fraction of sp³-hybridized carbons (Fsp3) is 0.889. The van der Waals surface area contributed by atoms with Crippen LogP contribution in [0.3, 0.4) is 0 Å². The van der Waals surface area contributed by atoms with Crippen LogP contribution in [-0.2, 0) is 10.0 Å². The van der Waals surface area contributed by atoms with E-state index in [1.54, 1.807) is 0 Å². The molecule has 0 amide bonds. The van der Waals surface area contributed by atoms with Crippen LogP contribution in [0.2, 0.25) is 0 Å². The van der Waals surface area contributed by atoms with E-state index < -0.39 is 10.0 Å². The summed E-state index contributed by atoms with van der Waals surface area (Å²) < 4.78 is 25.3. The Morgan fingerprint density at radius 1 is 1.53 bits per heavy atom. The number of hydrogen-bond donors (Lipinski definition) is 1. The number of rotatable bonds is 6. The molecule has 2 N–H and O–H groups in total. The van der Waals surface area contributed by atoms with Crippen molar-refractivity contribution < 1.29 is 8.42 Å². The molecule has 0 bridgehead atoms. The van der Waals surface area contributed by atoms with Gasteiger partial charge in [-0.05, 0) is 32.6 Å². The van der Waals surface area contributed by atoms with Crippen LogP contribution in [0, 0.1) is 5.92 Å². The fourth-order valence-corrected chi connectivity index (χ4v) is 3.52. The summed E-state index contributed by atoms with van der Waals surface area (Å²) in [6.45, 7) is 4.36. The minimum atomic E-state index is -3.31. The van der Waals surface area contributed by atoms with Gasteiger partial charge < -0.3 is 5.73 Å². The van der Waals surface area contributed by atoms with Crippen LogP contribution in [-0.4, -0.2) is 36.1 Å². The van der Waals surface area contributed by atoms with Crippen LogP contribution >= 0.6 is 12.2 Å². The molecule has 88 valence electrons. The van der Waals surface area contributed by atoms with Crippen LogP contribution in [0.15, 0.2) is 0 Å². The van der Waals surface area contributed by atoms with Crippen molar-refractivity contribution in [3.63, 3.8) is 0 Å². The Morgan fingerprint density at radius 3 is 2.40 bits per heavy atom. The summed E-state index contributed by atoms with van der Waals surface area (Å²) in [5, 5.41) is 0. The van der Waals surface area contributed by atoms with E-state index in [9.17, 15) is 8.42 Å². The molecule has 0 aromatic carbocycles. The number of thiocarbonyl (C=S) groups is 1. The Balaban J connectivity index is 2.72. The van der Waals surface area contributed by atoms with Gasteiger partial charge in [0.1, 0.15) is 5.75 Å². The molecule has 1 saturated carbocycles. The van der Waals surface area contributed by atoms with Crippen LogP contribution < -0.4 is 5.73 Å². The third kappa shape index (κ3) is 4.04. The summed E-state index contributed by atoms with van der Waals surface area (Å²) in [5.74, 6) is 0.321. The number of nitrogens with zero attached hydrogens (tertiary/aromatic N) is 1. The van der Waals surface area contributed by atoms with Gasteiger partial charge in [-0.15, -0.1) is 0 Å². The van der Waals surface area contributed by atoms with Gasteiger partial charge in [0.15, 0.2) is 0 Å². The number of sulfonamides is 1. The molecule has 1 aliphatic rings. The van der Waals surface area contributed by atoms with Crippen molar-refractivity contribution in [1.82, 2.24) is 4.31 Å². The minimum Gasteiger partial charge on any atom is -0.392 e. The fourth-order valence-electron chi connectivity index (χ4n) is 1.46. The van der Waals surface area contributed by atoms with E-state index in [0.29, 0.717) is 12.5 Å². The smallest absolute Gasteiger partial charge is 0.220 e. The first-order valence-corrected chi connectivity index (χ1v) is 7.12. The predicted molar refractivity (Wildman–Crippen MR) is 65.1 cm³/mol. The predicted octanol–water partition coefficient (Wildman–Crippen LogP) is 0.723. The molecule has 6 heteroatoms. The van der Waals surface area contributed by atoms with Crippen molar-refractivity contribution in [3.8, 4) is 0 Å². The highest BCUT2D eigenvalue weighted by atomic mass is 32.2. The summed E-state index contributed by atoms with van der Waals surface area (Å²) in [6.07, 6.45) is 2.26. The first-order valence-electron chi connectivity index (χ1n) is 5.10. The lowest BCUT2D eigenvalue weighted by molar-refractivity contribution is 0.343. The summed E-state index contributed by atoms with van der Waals surface area (Å²) in [6, 6.07) is -0.0232. The molecule has 0 atom stereocenters. The topological polar surface area (TPSA) is 63.4 Å². The maximum Gasteiger partial charge on any atom is 0.220 e. The zero-order valence-electron chi connectivity index (χ0n) is 9.14. The molecule has 0 heterocycles. The second-order valence-corrected chi connectivity index (χ2v) is 6.78. The van der Waals surface area contributed by atoms with Gasteiger partial charge >= 0.3 is 0 Å². The van der Waals surface area contributed by atoms with E-state index in [0.717, 1.165) is 12.8 Å². The third-order valence-electron chi connectivity index (χ3n) is 2.39. The monoisotopic (exact) mass is 250 g/mol. The Hall–Kier alpha value is -0.200. The number of hydrogen-bond acceptors (Lipinski definition) is 3. The van der Waals surface area contributed by atoms with Crippen molar-refractivity contribution in [1.29, 1.82) is 0 Å². The van der Waals surface area contributed by atoms with Crippen LogP contribution in [0.5, 0.6) is 0 Å². The second kappa shape index (κ2) is 4.76. The Kier molecular flexibility index (Phi) is 4.08. The van der Waals surface area contributed by atoms with Crippen molar-refractivity contribution in [2.24, 2.45) is 11.7 Å². The Morgan fingerprint density at radius 2 is 2.07 bits per heavy atom. The van der Waals surface area contributed by atoms with Gasteiger partial charge in [-0.3, -0.25) is 0 Å². The van der Waals surface area contributed by atoms with Gasteiger partial charge in [0, 0.05) is 12.6 Å². The van der Waals surface area contributed by atoms with E-state index in [2.05, 4.69) is 12.2 Å². The van der Waals surface area contributed by atoms with Gasteiger partial charge in [-0.1, -0.05) is 12.2 Å². The maximum absolute atomic E-state index is 11.9. The zero-order valence-corrected chi connectivity index (χ0v) is 10.8. The molecular weight excluding hydrogens is 232 g/mol. The van der Waals surface area contributed by atoms with Gasteiger partial charge in [-0.2, -0.15) is 4.31 Å². The van der Waals surface area contributed by atoms with Gasteiger partial charge in [0.2, 0.25) is 10.0 Å². The van der Waals surface area contributed by atoms with Crippen molar-refractivity contribution >= 4 is 27.2 Å². The zero-order chi connectivity index (χ0) is 11.6. The third-order valence-corrected chi connectivity index (χ3v) is 4.68. The van der Waals surface area contributed by atoms with Crippen molar-refractivity contribution in [2.75, 3.05) is 12.3 Å². The first kappa shape index (κ1) is 12.9. The molecule has 1 aliphatic carbocycles. The first-order chi connectivity index (χ1) is 6.83. The van der Waals surface area contributed by atoms with E-state index in [4.69, 9.17) is 5.73 Å². The molecule has 0 radical (unpaired) electrons. The molecule has 0 aromatic rings. The lowest BCUT2D eigenvalue weighted by Gasteiger charge is -2.25. The summed E-state index contributed by atoms with van der Waals surface area (Å²) in [4.78, 5) is 0.0384. The standard InChI is InChI=1S/C9H18N2O2S2/c1-7(2)11(5-8-3-4-8)15(12,13)6-9(10)14/h7-8H,3-6H2,1-2H3,(H2,10,14). The molecule has 0 aromatic heterocycles. The van der Waals surface area contributed by atoms with E-state index in [1.165, 1.54) is 4.31 Å². The van der Waals surface area contributed by atoms with Crippen LogP contribution in [0.4, 0.5) is 0 Å². The van der Waals surface area contributed by atoms with E-state index in [1.807, 2.05) is 13.8 Å². The number of nitrogens with two attached hydrogens (primary N) is 1. The largest absolute Gasteiger partial charge is 0.392 e. The maximum atomic E-state index is 11.9. The van der Waals surface area contributed by atoms with Gasteiger partial charge in [-0.25, -0.2) is 8.42 Å². The molecule has 1 rings (SSSR count). The Bertz CT molecular complexity index is 334. The van der Waals surface area contributed by atoms with Crippen LogP contribution in [0.1, 0.15) is 26.7 Å². The molecule has 0 spiro atoms. The van der Waals surface area contributed by atoms with Crippen molar-refractivity contribution in [2.45, 2.75) is 32.7 Å². The molecule has 15 heavy (non-hydrogen) atoms. The lowest BCUT2D eigenvalue weighted by Crippen LogP contribution is -2.42. The molecule has 0 unspecified atom stereocenters. The lowest BCUT2D eigenvalue weighted by atomic mass is 10.3. The van der Waals surface area contributed by atoms with Crippen molar-refractivity contribution in [3.05, 3.63) is 0 Å². The molecule has 0 aliphatic heterocycles. The van der Waals surface area contributed by atoms with Crippen LogP contribution in [0.25, 0.3) is 0 Å². The molecule has 1 fully saturated rings. The summed E-state index contributed by atoms with van der Waals surface area (Å²) >= 11 is 4.65. The second-order valence-electron chi connectivity index (χ2n) is 4.33. The highest BCUT2D eigenvalue weighted by Crippen LogP contribution is 2.31. The highest BCUT2D eigenvalue weighted by molar-refractivity contribution is 7.92. The van der Waals surface area contributed by atoms with E-state index in [-0.39, 0.29) is 16.8 Å². The SMILES string of the molecule is CC(C)N(CC1CC1)S(=O)(=O)CC(N)=S. The average molecular weight is 250 g/mol. The quantitative estimate of drug-likeness (QED) is 0.706. The highest BCUT2D eigenvalue weighted by Gasteiger charge is 2.32. The molecular formula is C9H18N2O2S2. The van der Waals surface area contributed by atoms with Gasteiger partial charge in [0.25, 0.3) is 0 Å². The summed E-state index contributed by atoms with van der Waals surface area (Å²) in [7, 11) is -3.31. The average Bonchev–Trinajstić information content (AvgIpc) is 2.78.